The summed E-state index contributed by atoms with van der Waals surface area (Å²) in [7, 11) is 0. The number of nitrogens with one attached hydrogen (secondary N) is 1. The maximum absolute atomic E-state index is 15.0. The first kappa shape index (κ1) is 21.9. The molecule has 2 aromatic heterocycles. The highest BCUT2D eigenvalue weighted by Gasteiger charge is 2.36. The lowest BCUT2D eigenvalue weighted by Crippen LogP contribution is -2.61. The number of likely N-dealkylation sites (tertiary alicyclic amines) is 1. The number of piperidine rings is 2. The molecule has 2 N–H and O–H groups in total. The molecule has 4 aliphatic heterocycles. The molecule has 6 heterocycles. The van der Waals surface area contributed by atoms with E-state index >= 15 is 4.39 Å². The predicted molar refractivity (Wildman–Crippen MR) is 145 cm³/mol. The van der Waals surface area contributed by atoms with Gasteiger partial charge in [-0.1, -0.05) is 6.07 Å². The second kappa shape index (κ2) is 9.63. The number of hydrogen-bond donors (Lipinski definition) is 2. The van der Waals surface area contributed by atoms with Crippen molar-refractivity contribution in [2.75, 3.05) is 38.1 Å². The van der Waals surface area contributed by atoms with Crippen molar-refractivity contribution in [1.82, 2.24) is 30.0 Å². The molecule has 4 aliphatic rings. The lowest BCUT2D eigenvalue weighted by molar-refractivity contribution is 0.188. The number of ether oxygens (including phenoxy) is 1. The number of fused-ring (bicyclic) bond motifs is 5. The van der Waals surface area contributed by atoms with Gasteiger partial charge in [0.2, 0.25) is 0 Å². The molecule has 2 aromatic carbocycles. The van der Waals surface area contributed by atoms with Crippen LogP contribution in [-0.2, 0) is 0 Å². The Morgan fingerprint density at radius 3 is 2.90 bits per heavy atom. The summed E-state index contributed by atoms with van der Waals surface area (Å²) < 4.78 is 59.7. The summed E-state index contributed by atoms with van der Waals surface area (Å²) >= 11 is 0. The number of aromatic nitrogens is 4. The van der Waals surface area contributed by atoms with Crippen molar-refractivity contribution < 1.29 is 22.7 Å². The summed E-state index contributed by atoms with van der Waals surface area (Å²) in [5, 5.41) is 18.5. The summed E-state index contributed by atoms with van der Waals surface area (Å²) in [6, 6.07) is 4.55. The Bertz CT molecular complexity index is 1800. The summed E-state index contributed by atoms with van der Waals surface area (Å²) in [5.74, 6) is -2.09. The van der Waals surface area contributed by atoms with Gasteiger partial charge < -0.3 is 25.0 Å². The van der Waals surface area contributed by atoms with Crippen molar-refractivity contribution in [3.8, 4) is 17.4 Å². The smallest absolute Gasteiger partial charge is 0.319 e. The molecular formula is C28H29F2N7O3. The normalized spacial score (nSPS) is 24.4. The van der Waals surface area contributed by atoms with E-state index in [2.05, 4.69) is 20.3 Å². The first-order valence-corrected chi connectivity index (χ1v) is 13.4. The fraction of sp³-hybridized carbons (Fsp3) is 0.429. The number of phenols is 1. The molecule has 2 unspecified atom stereocenters. The van der Waals surface area contributed by atoms with Crippen LogP contribution in [0.3, 0.4) is 0 Å². The average Bonchev–Trinajstić information content (AvgIpc) is 3.48. The Balaban J connectivity index is 1.36. The number of phenolic OH excluding ortho intramolecular Hbond substituents is 1. The largest absolute Gasteiger partial charge is 0.508 e. The van der Waals surface area contributed by atoms with Gasteiger partial charge in [0, 0.05) is 46.8 Å². The molecule has 4 saturated heterocycles. The zero-order valence-corrected chi connectivity index (χ0v) is 21.5. The lowest BCUT2D eigenvalue weighted by atomic mass is 9.93. The molecule has 12 heteroatoms. The molecule has 8 rings (SSSR count). The van der Waals surface area contributed by atoms with Crippen LogP contribution >= 0.6 is 0 Å². The first-order valence-electron chi connectivity index (χ1n) is 14.9. The van der Waals surface area contributed by atoms with Crippen LogP contribution in [0, 0.1) is 11.6 Å². The van der Waals surface area contributed by atoms with E-state index in [1.54, 1.807) is 0 Å². The number of anilines is 1. The predicted octanol–water partition coefficient (Wildman–Crippen LogP) is 2.73. The van der Waals surface area contributed by atoms with Gasteiger partial charge in [-0.05, 0) is 56.7 Å². The van der Waals surface area contributed by atoms with Crippen LogP contribution < -0.4 is 20.5 Å². The van der Waals surface area contributed by atoms with Gasteiger partial charge >= 0.3 is 6.01 Å². The van der Waals surface area contributed by atoms with E-state index < -0.39 is 24.2 Å². The third-order valence-corrected chi connectivity index (χ3v) is 8.20. The third-order valence-electron chi connectivity index (χ3n) is 8.20. The molecule has 0 radical (unpaired) electrons. The Morgan fingerprint density at radius 1 is 1.23 bits per heavy atom. The second-order valence-electron chi connectivity index (χ2n) is 10.7. The molecule has 10 nitrogen and oxygen atoms in total. The SMILES string of the molecule is [2H]C([2H])([2H])N1CCC[C@H]1COc1nc(N2CC3CCC2CN3)c2cnn(-c3cc(O)cc4ccc(F)c(F)c34)c(=O)c2n1. The molecule has 208 valence electrons. The number of hydrogen-bond acceptors (Lipinski definition) is 9. The van der Waals surface area contributed by atoms with Crippen molar-refractivity contribution in [3.05, 3.63) is 52.5 Å². The van der Waals surface area contributed by atoms with Crippen molar-refractivity contribution >= 4 is 27.5 Å². The van der Waals surface area contributed by atoms with Crippen molar-refractivity contribution in [2.24, 2.45) is 0 Å². The summed E-state index contributed by atoms with van der Waals surface area (Å²) in [4.78, 5) is 26.7. The number of piperazine rings is 1. The van der Waals surface area contributed by atoms with E-state index in [0.29, 0.717) is 37.1 Å². The highest BCUT2D eigenvalue weighted by Crippen LogP contribution is 2.34. The van der Waals surface area contributed by atoms with E-state index in [1.165, 1.54) is 23.2 Å². The van der Waals surface area contributed by atoms with Crippen LogP contribution in [0.25, 0.3) is 27.4 Å². The molecule has 3 atom stereocenters. The van der Waals surface area contributed by atoms with Crippen molar-refractivity contribution in [3.63, 3.8) is 0 Å². The van der Waals surface area contributed by atoms with Gasteiger partial charge in [-0.25, -0.2) is 8.78 Å². The second-order valence-corrected chi connectivity index (χ2v) is 10.7. The highest BCUT2D eigenvalue weighted by atomic mass is 19.2. The third kappa shape index (κ3) is 4.13. The zero-order valence-electron chi connectivity index (χ0n) is 24.5. The first-order chi connectivity index (χ1) is 20.6. The zero-order chi connectivity index (χ0) is 30.0. The van der Waals surface area contributed by atoms with Gasteiger partial charge in [0.05, 0.1) is 17.3 Å². The van der Waals surface area contributed by atoms with Gasteiger partial charge in [0.25, 0.3) is 5.56 Å². The number of nitrogens with zero attached hydrogens (tertiary/aromatic N) is 6. The molecule has 0 amide bonds. The van der Waals surface area contributed by atoms with Crippen LogP contribution in [0.1, 0.15) is 29.8 Å². The van der Waals surface area contributed by atoms with Crippen LogP contribution in [0.15, 0.2) is 35.3 Å². The summed E-state index contributed by atoms with van der Waals surface area (Å²) in [6.45, 7) is -0.442. The van der Waals surface area contributed by atoms with Crippen LogP contribution in [0.2, 0.25) is 0 Å². The van der Waals surface area contributed by atoms with Crippen LogP contribution in [0.5, 0.6) is 11.8 Å². The molecule has 4 fully saturated rings. The van der Waals surface area contributed by atoms with Gasteiger partial charge in [-0.3, -0.25) is 4.79 Å². The standard InChI is InChI=1S/C28H29F2N7O3/c1-35-8-2-3-18(35)14-40-28-33-25-20(26(34-28)36-13-16-5-6-17(36)11-31-16)12-32-37(27(25)39)22-10-19(38)9-15-4-7-21(29)24(30)23(15)22/h4,7,9-10,12,16-18,31,38H,2-3,5-6,8,11,13-14H2,1H3/t16?,17?,18-/m0/s1/i1D3. The minimum Gasteiger partial charge on any atom is -0.508 e. The van der Waals surface area contributed by atoms with E-state index in [-0.39, 0.29) is 58.5 Å². The molecule has 0 aliphatic carbocycles. The summed E-state index contributed by atoms with van der Waals surface area (Å²) in [5.41, 5.74) is -0.953. The quantitative estimate of drug-likeness (QED) is 0.386. The topological polar surface area (TPSA) is 109 Å². The monoisotopic (exact) mass is 552 g/mol. The van der Waals surface area contributed by atoms with Gasteiger partial charge in [-0.15, -0.1) is 0 Å². The summed E-state index contributed by atoms with van der Waals surface area (Å²) in [6.07, 6.45) is 4.69. The number of rotatable bonds is 5. The Morgan fingerprint density at radius 2 is 2.12 bits per heavy atom. The minimum absolute atomic E-state index is 0.0118. The molecular weight excluding hydrogens is 520 g/mol. The number of halogens is 2. The van der Waals surface area contributed by atoms with Crippen LogP contribution in [-0.4, -0.2) is 81.1 Å². The molecule has 2 bridgehead atoms. The van der Waals surface area contributed by atoms with Crippen LogP contribution in [0.4, 0.5) is 14.6 Å². The number of aromatic hydroxyl groups is 1. The van der Waals surface area contributed by atoms with Gasteiger partial charge in [0.15, 0.2) is 11.6 Å². The van der Waals surface area contributed by atoms with Gasteiger partial charge in [0.1, 0.15) is 23.7 Å². The van der Waals surface area contributed by atoms with E-state index in [0.717, 1.165) is 36.2 Å². The molecule has 0 spiro atoms. The fourth-order valence-electron chi connectivity index (χ4n) is 6.12. The van der Waals surface area contributed by atoms with Gasteiger partial charge in [-0.2, -0.15) is 19.7 Å². The molecule has 4 aromatic rings. The Hall–Kier alpha value is -3.90. The molecule has 40 heavy (non-hydrogen) atoms. The average molecular weight is 553 g/mol. The number of benzene rings is 2. The number of likely N-dealkylation sites (N-methyl/N-ethyl adjacent to an activating group) is 1. The van der Waals surface area contributed by atoms with E-state index in [1.807, 2.05) is 0 Å². The maximum atomic E-state index is 15.0. The maximum Gasteiger partial charge on any atom is 0.319 e. The Labute approximate surface area is 232 Å². The highest BCUT2D eigenvalue weighted by molar-refractivity contribution is 5.93. The minimum atomic E-state index is -2.27. The lowest BCUT2D eigenvalue weighted by Gasteiger charge is -2.46. The van der Waals surface area contributed by atoms with Crippen molar-refractivity contribution in [2.45, 2.75) is 43.8 Å². The Kier molecular flexibility index (Phi) is 5.26. The van der Waals surface area contributed by atoms with Crippen molar-refractivity contribution in [1.29, 1.82) is 0 Å². The molecule has 0 saturated carbocycles. The van der Waals surface area contributed by atoms with E-state index in [9.17, 15) is 14.3 Å². The fourth-order valence-corrected chi connectivity index (χ4v) is 6.12. The van der Waals surface area contributed by atoms with E-state index in [4.69, 9.17) is 13.8 Å².